The van der Waals surface area contributed by atoms with Crippen LogP contribution in [0.2, 0.25) is 5.02 Å². The van der Waals surface area contributed by atoms with E-state index in [1.54, 1.807) is 12.4 Å². The molecule has 1 aliphatic carbocycles. The van der Waals surface area contributed by atoms with E-state index in [1.165, 1.54) is 11.3 Å². The number of halogens is 1. The zero-order valence-electron chi connectivity index (χ0n) is 19.0. The average molecular weight is 487 g/mol. The fourth-order valence-corrected chi connectivity index (χ4v) is 5.75. The molecule has 3 N–H and O–H groups in total. The summed E-state index contributed by atoms with van der Waals surface area (Å²) in [5, 5.41) is 25.3. The van der Waals surface area contributed by atoms with E-state index >= 15 is 0 Å². The molecular formula is C24H27ClN4O3S. The van der Waals surface area contributed by atoms with Gasteiger partial charge in [0.15, 0.2) is 0 Å². The van der Waals surface area contributed by atoms with Crippen molar-refractivity contribution >= 4 is 40.5 Å². The first-order valence-corrected chi connectivity index (χ1v) is 12.0. The quantitative estimate of drug-likeness (QED) is 0.423. The lowest BCUT2D eigenvalue weighted by molar-refractivity contribution is -0.154. The van der Waals surface area contributed by atoms with Gasteiger partial charge in [0.05, 0.1) is 27.7 Å². The maximum atomic E-state index is 11.6. The molecule has 174 valence electrons. The highest BCUT2D eigenvalue weighted by Gasteiger charge is 2.49. The molecule has 0 amide bonds. The number of carboxylic acids is 1. The number of aromatic nitrogens is 3. The summed E-state index contributed by atoms with van der Waals surface area (Å²) in [7, 11) is 0. The van der Waals surface area contributed by atoms with Gasteiger partial charge in [0, 0.05) is 11.9 Å². The highest BCUT2D eigenvalue weighted by atomic mass is 35.5. The lowest BCUT2D eigenvalue weighted by Crippen LogP contribution is -2.44. The van der Waals surface area contributed by atoms with Crippen molar-refractivity contribution in [2.45, 2.75) is 52.6 Å². The summed E-state index contributed by atoms with van der Waals surface area (Å²) in [4.78, 5) is 25.7. The number of hydrogen-bond acceptors (Lipinski definition) is 7. The molecule has 0 spiro atoms. The molecule has 1 saturated carbocycles. The molecule has 0 radical (unpaired) electrons. The molecule has 1 aromatic carbocycles. The van der Waals surface area contributed by atoms with E-state index in [9.17, 15) is 15.0 Å². The molecule has 0 aliphatic heterocycles. The van der Waals surface area contributed by atoms with Gasteiger partial charge in [-0.3, -0.25) is 4.79 Å². The molecule has 9 heteroatoms. The molecule has 1 aliphatic rings. The normalized spacial score (nSPS) is 22.2. The van der Waals surface area contributed by atoms with Crippen LogP contribution in [0.1, 0.15) is 49.4 Å². The van der Waals surface area contributed by atoms with Crippen LogP contribution in [0.3, 0.4) is 0 Å². The molecule has 3 aromatic rings. The standard InChI is InChI=1S/C24H27ClN4O3S/c1-13-7-15(9-16(8-13)29-22-27-10-18(25)14(2)28-22)19-11-26-21(33-19)24(32)6-5-17(20(30)31)23(3,4)12-24/h7-11,17,32H,5-6,12H2,1-4H3,(H,30,31)(H,27,28,29)/t17-,24-/m1/s1. The van der Waals surface area contributed by atoms with Crippen molar-refractivity contribution in [1.82, 2.24) is 15.0 Å². The lowest BCUT2D eigenvalue weighted by Gasteiger charge is -2.44. The predicted molar refractivity (Wildman–Crippen MR) is 130 cm³/mol. The topological polar surface area (TPSA) is 108 Å². The van der Waals surface area contributed by atoms with E-state index < -0.39 is 22.9 Å². The van der Waals surface area contributed by atoms with Crippen LogP contribution in [0.25, 0.3) is 10.4 Å². The highest BCUT2D eigenvalue weighted by Crippen LogP contribution is 2.50. The fraction of sp³-hybridized carbons (Fsp3) is 0.417. The molecule has 0 unspecified atom stereocenters. The molecule has 0 bridgehead atoms. The monoisotopic (exact) mass is 486 g/mol. The van der Waals surface area contributed by atoms with Crippen LogP contribution >= 0.6 is 22.9 Å². The van der Waals surface area contributed by atoms with Crippen molar-refractivity contribution in [3.05, 3.63) is 51.9 Å². The van der Waals surface area contributed by atoms with E-state index in [4.69, 9.17) is 11.6 Å². The Morgan fingerprint density at radius 1 is 1.21 bits per heavy atom. The van der Waals surface area contributed by atoms with Gasteiger partial charge in [-0.1, -0.05) is 31.5 Å². The number of carbonyl (C=O) groups is 1. The Morgan fingerprint density at radius 3 is 2.64 bits per heavy atom. The molecule has 2 heterocycles. The van der Waals surface area contributed by atoms with Crippen molar-refractivity contribution < 1.29 is 15.0 Å². The largest absolute Gasteiger partial charge is 0.481 e. The molecule has 4 rings (SSSR count). The number of aliphatic carboxylic acids is 1. The highest BCUT2D eigenvalue weighted by molar-refractivity contribution is 7.15. The summed E-state index contributed by atoms with van der Waals surface area (Å²) in [6.45, 7) is 7.65. The van der Waals surface area contributed by atoms with Gasteiger partial charge in [-0.25, -0.2) is 15.0 Å². The fourth-order valence-electron chi connectivity index (χ4n) is 4.64. The van der Waals surface area contributed by atoms with Crippen LogP contribution in [0, 0.1) is 25.2 Å². The number of carboxylic acid groups (broad SMARTS) is 1. The summed E-state index contributed by atoms with van der Waals surface area (Å²) < 4.78 is 0. The number of nitrogens with zero attached hydrogens (tertiary/aromatic N) is 3. The van der Waals surface area contributed by atoms with Crippen molar-refractivity contribution in [2.75, 3.05) is 5.32 Å². The number of hydrogen-bond donors (Lipinski definition) is 3. The molecule has 7 nitrogen and oxygen atoms in total. The van der Waals surface area contributed by atoms with E-state index in [2.05, 4.69) is 26.3 Å². The second kappa shape index (κ2) is 8.66. The van der Waals surface area contributed by atoms with Crippen LogP contribution in [-0.2, 0) is 10.4 Å². The van der Waals surface area contributed by atoms with Gasteiger partial charge in [0.2, 0.25) is 5.95 Å². The molecular weight excluding hydrogens is 460 g/mol. The number of anilines is 2. The van der Waals surface area contributed by atoms with Crippen LogP contribution in [0.15, 0.2) is 30.6 Å². The van der Waals surface area contributed by atoms with Crippen LogP contribution < -0.4 is 5.32 Å². The van der Waals surface area contributed by atoms with Gasteiger partial charge in [-0.05, 0) is 61.8 Å². The van der Waals surface area contributed by atoms with E-state index in [0.717, 1.165) is 21.7 Å². The van der Waals surface area contributed by atoms with Crippen molar-refractivity contribution in [2.24, 2.45) is 11.3 Å². The molecule has 2 atom stereocenters. The smallest absolute Gasteiger partial charge is 0.307 e. The maximum Gasteiger partial charge on any atom is 0.307 e. The minimum atomic E-state index is -1.13. The molecule has 2 aromatic heterocycles. The minimum absolute atomic E-state index is 0.359. The third-order valence-corrected chi connectivity index (χ3v) is 7.89. The van der Waals surface area contributed by atoms with Gasteiger partial charge in [0.1, 0.15) is 10.6 Å². The SMILES string of the molecule is Cc1cc(Nc2ncc(Cl)c(C)n2)cc(-c2cnc([C@@]3(O)CC[C@H](C(=O)O)C(C)(C)C3)s2)c1. The Bertz CT molecular complexity index is 1210. The van der Waals surface area contributed by atoms with Gasteiger partial charge >= 0.3 is 5.97 Å². The number of aliphatic hydroxyl groups is 1. The lowest BCUT2D eigenvalue weighted by atomic mass is 9.63. The average Bonchev–Trinajstić information content (AvgIpc) is 3.20. The van der Waals surface area contributed by atoms with Crippen LogP contribution in [-0.4, -0.2) is 31.1 Å². The Labute approximate surface area is 201 Å². The first-order valence-electron chi connectivity index (χ1n) is 10.8. The Kier molecular flexibility index (Phi) is 6.20. The third-order valence-electron chi connectivity index (χ3n) is 6.28. The first-order chi connectivity index (χ1) is 15.5. The number of rotatable bonds is 5. The molecule has 1 fully saturated rings. The number of thiazole rings is 1. The summed E-state index contributed by atoms with van der Waals surface area (Å²) >= 11 is 7.47. The van der Waals surface area contributed by atoms with Gasteiger partial charge in [-0.2, -0.15) is 0 Å². The summed E-state index contributed by atoms with van der Waals surface area (Å²) in [5.74, 6) is -0.812. The second-order valence-corrected chi connectivity index (χ2v) is 10.9. The summed E-state index contributed by atoms with van der Waals surface area (Å²) in [6, 6.07) is 6.06. The van der Waals surface area contributed by atoms with E-state index in [-0.39, 0.29) is 0 Å². The predicted octanol–water partition coefficient (Wildman–Crippen LogP) is 5.71. The van der Waals surface area contributed by atoms with Gasteiger partial charge < -0.3 is 15.5 Å². The number of nitrogens with one attached hydrogen (secondary N) is 1. The Balaban J connectivity index is 1.59. The second-order valence-electron chi connectivity index (χ2n) is 9.50. The van der Waals surface area contributed by atoms with E-state index in [0.29, 0.717) is 40.9 Å². The zero-order chi connectivity index (χ0) is 24.0. The molecule has 0 saturated heterocycles. The van der Waals surface area contributed by atoms with Crippen LogP contribution in [0.5, 0.6) is 0 Å². The molecule has 33 heavy (non-hydrogen) atoms. The Morgan fingerprint density at radius 2 is 1.97 bits per heavy atom. The van der Waals surface area contributed by atoms with Crippen LogP contribution in [0.4, 0.5) is 11.6 Å². The van der Waals surface area contributed by atoms with Crippen molar-refractivity contribution in [1.29, 1.82) is 0 Å². The van der Waals surface area contributed by atoms with Gasteiger partial charge in [0.25, 0.3) is 0 Å². The van der Waals surface area contributed by atoms with E-state index in [1.807, 2.05) is 39.8 Å². The van der Waals surface area contributed by atoms with Crippen molar-refractivity contribution in [3.8, 4) is 10.4 Å². The van der Waals surface area contributed by atoms with Crippen molar-refractivity contribution in [3.63, 3.8) is 0 Å². The van der Waals surface area contributed by atoms with Gasteiger partial charge in [-0.15, -0.1) is 11.3 Å². The number of aryl methyl sites for hydroxylation is 2. The summed E-state index contributed by atoms with van der Waals surface area (Å²) in [6.07, 6.45) is 4.51. The number of benzene rings is 1. The Hall–Kier alpha value is -2.55. The summed E-state index contributed by atoms with van der Waals surface area (Å²) in [5.41, 5.74) is 1.90. The first kappa shape index (κ1) is 23.6. The minimum Gasteiger partial charge on any atom is -0.481 e. The third kappa shape index (κ3) is 4.88. The maximum absolute atomic E-state index is 11.6. The zero-order valence-corrected chi connectivity index (χ0v) is 20.6.